The molecule has 0 bridgehead atoms. The van der Waals surface area contributed by atoms with Gasteiger partial charge in [-0.05, 0) is 42.8 Å². The van der Waals surface area contributed by atoms with Gasteiger partial charge < -0.3 is 9.64 Å². The highest BCUT2D eigenvalue weighted by Crippen LogP contribution is 2.46. The lowest BCUT2D eigenvalue weighted by molar-refractivity contribution is 0.298. The van der Waals surface area contributed by atoms with Gasteiger partial charge in [0.25, 0.3) is 0 Å². The first kappa shape index (κ1) is 18.1. The maximum atomic E-state index is 5.56. The molecule has 0 aliphatic carbocycles. The largest absolute Gasteiger partial charge is 0.496 e. The van der Waals surface area contributed by atoms with Crippen LogP contribution >= 0.6 is 0 Å². The van der Waals surface area contributed by atoms with E-state index in [2.05, 4.69) is 45.1 Å². The average Bonchev–Trinajstić information content (AvgIpc) is 3.31. The Labute approximate surface area is 172 Å². The molecule has 1 spiro atoms. The molecule has 1 saturated heterocycles. The highest BCUT2D eigenvalue weighted by molar-refractivity contribution is 5.60. The molecule has 29 heavy (non-hydrogen) atoms. The molecule has 0 saturated carbocycles. The predicted octanol–water partition coefficient (Wildman–Crippen LogP) is 3.65. The molecular weight excluding hydrogens is 360 g/mol. The van der Waals surface area contributed by atoms with Crippen molar-refractivity contribution < 1.29 is 4.74 Å². The van der Waals surface area contributed by atoms with Gasteiger partial charge >= 0.3 is 0 Å². The topological polar surface area (TPSA) is 41.5 Å². The summed E-state index contributed by atoms with van der Waals surface area (Å²) in [4.78, 5) is 14.2. The minimum absolute atomic E-state index is 0.0980. The SMILES string of the molecule is COc1ccccc1CN1CCC2(C1)CN(Cc1cccnc1)c1cccnc12. The van der Waals surface area contributed by atoms with Crippen LogP contribution in [0.3, 0.4) is 0 Å². The van der Waals surface area contributed by atoms with E-state index >= 15 is 0 Å². The molecule has 1 atom stereocenters. The summed E-state index contributed by atoms with van der Waals surface area (Å²) in [5.74, 6) is 0.969. The Morgan fingerprint density at radius 1 is 1.00 bits per heavy atom. The van der Waals surface area contributed by atoms with Crippen LogP contribution in [0, 0.1) is 0 Å². The van der Waals surface area contributed by atoms with Gasteiger partial charge in [-0.1, -0.05) is 24.3 Å². The van der Waals surface area contributed by atoms with Crippen LogP contribution < -0.4 is 9.64 Å². The van der Waals surface area contributed by atoms with Crippen molar-refractivity contribution in [3.63, 3.8) is 0 Å². The summed E-state index contributed by atoms with van der Waals surface area (Å²) >= 11 is 0. The van der Waals surface area contributed by atoms with Crippen molar-refractivity contribution in [1.82, 2.24) is 14.9 Å². The molecule has 5 heteroatoms. The molecule has 2 aromatic heterocycles. The summed E-state index contributed by atoms with van der Waals surface area (Å²) in [6.45, 7) is 4.90. The van der Waals surface area contributed by atoms with E-state index in [0.29, 0.717) is 0 Å². The van der Waals surface area contributed by atoms with E-state index in [-0.39, 0.29) is 5.41 Å². The number of benzene rings is 1. The fraction of sp³-hybridized carbons (Fsp3) is 0.333. The zero-order chi connectivity index (χ0) is 19.7. The number of aromatic nitrogens is 2. The lowest BCUT2D eigenvalue weighted by Gasteiger charge is -2.26. The summed E-state index contributed by atoms with van der Waals surface area (Å²) in [5.41, 5.74) is 5.12. The van der Waals surface area contributed by atoms with Gasteiger partial charge in [-0.2, -0.15) is 0 Å². The van der Waals surface area contributed by atoms with Gasteiger partial charge in [-0.15, -0.1) is 0 Å². The number of likely N-dealkylation sites (tertiary alicyclic amines) is 1. The van der Waals surface area contributed by atoms with Crippen LogP contribution in [0.4, 0.5) is 5.69 Å². The second-order valence-corrected chi connectivity index (χ2v) is 8.14. The molecule has 3 aromatic rings. The molecule has 1 fully saturated rings. The van der Waals surface area contributed by atoms with E-state index in [0.717, 1.165) is 44.9 Å². The van der Waals surface area contributed by atoms with Crippen LogP contribution in [0.2, 0.25) is 0 Å². The molecule has 2 aliphatic heterocycles. The Morgan fingerprint density at radius 2 is 1.90 bits per heavy atom. The van der Waals surface area contributed by atoms with Gasteiger partial charge in [-0.25, -0.2) is 0 Å². The minimum Gasteiger partial charge on any atom is -0.496 e. The van der Waals surface area contributed by atoms with Crippen molar-refractivity contribution in [2.24, 2.45) is 0 Å². The van der Waals surface area contributed by atoms with Crippen molar-refractivity contribution in [1.29, 1.82) is 0 Å². The number of anilines is 1. The number of rotatable bonds is 5. The molecule has 148 valence electrons. The molecule has 0 radical (unpaired) electrons. The zero-order valence-corrected chi connectivity index (χ0v) is 16.8. The maximum Gasteiger partial charge on any atom is 0.123 e. The first-order chi connectivity index (χ1) is 14.3. The number of hydrogen-bond donors (Lipinski definition) is 0. The number of para-hydroxylation sites is 1. The highest BCUT2D eigenvalue weighted by atomic mass is 16.5. The van der Waals surface area contributed by atoms with Crippen LogP contribution in [-0.4, -0.2) is 41.6 Å². The third-order valence-electron chi connectivity index (χ3n) is 6.24. The fourth-order valence-corrected chi connectivity index (χ4v) is 4.93. The predicted molar refractivity (Wildman–Crippen MR) is 114 cm³/mol. The second-order valence-electron chi connectivity index (χ2n) is 8.14. The molecule has 5 rings (SSSR count). The van der Waals surface area contributed by atoms with Crippen molar-refractivity contribution in [2.45, 2.75) is 24.9 Å². The number of pyridine rings is 2. The molecule has 0 N–H and O–H groups in total. The molecule has 1 aromatic carbocycles. The van der Waals surface area contributed by atoms with Gasteiger partial charge in [0.2, 0.25) is 0 Å². The lowest BCUT2D eigenvalue weighted by atomic mass is 9.85. The summed E-state index contributed by atoms with van der Waals surface area (Å²) in [5, 5.41) is 0. The number of nitrogens with zero attached hydrogens (tertiary/aromatic N) is 4. The summed E-state index contributed by atoms with van der Waals surface area (Å²) < 4.78 is 5.56. The van der Waals surface area contributed by atoms with E-state index in [4.69, 9.17) is 9.72 Å². The van der Waals surface area contributed by atoms with Gasteiger partial charge in [0.15, 0.2) is 0 Å². The van der Waals surface area contributed by atoms with Crippen molar-refractivity contribution in [3.8, 4) is 5.75 Å². The van der Waals surface area contributed by atoms with Crippen LogP contribution in [0.15, 0.2) is 67.1 Å². The van der Waals surface area contributed by atoms with Crippen LogP contribution in [0.1, 0.15) is 23.2 Å². The third-order valence-corrected chi connectivity index (χ3v) is 6.24. The normalized spacial score (nSPS) is 20.9. The molecule has 0 amide bonds. The van der Waals surface area contributed by atoms with Gasteiger partial charge in [0.05, 0.1) is 18.5 Å². The monoisotopic (exact) mass is 386 g/mol. The number of fused-ring (bicyclic) bond motifs is 2. The van der Waals surface area contributed by atoms with Gasteiger partial charge in [0.1, 0.15) is 5.75 Å². The van der Waals surface area contributed by atoms with E-state index in [1.54, 1.807) is 7.11 Å². The van der Waals surface area contributed by atoms with Crippen molar-refractivity contribution in [2.75, 3.05) is 31.6 Å². The summed E-state index contributed by atoms with van der Waals surface area (Å²) in [7, 11) is 1.75. The van der Waals surface area contributed by atoms with E-state index in [9.17, 15) is 0 Å². The van der Waals surface area contributed by atoms with E-state index < -0.39 is 0 Å². The average molecular weight is 386 g/mol. The van der Waals surface area contributed by atoms with E-state index in [1.165, 1.54) is 22.5 Å². The first-order valence-corrected chi connectivity index (χ1v) is 10.2. The Hall–Kier alpha value is -2.92. The van der Waals surface area contributed by atoms with Crippen LogP contribution in [0.25, 0.3) is 0 Å². The standard InChI is InChI=1S/C24H26N4O/c1-29-22-9-3-2-7-20(22)16-27-13-10-24(17-27)18-28(15-19-6-4-11-25-14-19)21-8-5-12-26-23(21)24/h2-9,11-12,14H,10,13,15-18H2,1H3. The van der Waals surface area contributed by atoms with E-state index in [1.807, 2.05) is 36.8 Å². The number of ether oxygens (including phenoxy) is 1. The van der Waals surface area contributed by atoms with Crippen molar-refractivity contribution in [3.05, 3.63) is 83.9 Å². The summed E-state index contributed by atoms with van der Waals surface area (Å²) in [6.07, 6.45) is 6.87. The van der Waals surface area contributed by atoms with Gasteiger partial charge in [0, 0.05) is 55.7 Å². The lowest BCUT2D eigenvalue weighted by Crippen LogP contribution is -2.36. The zero-order valence-electron chi connectivity index (χ0n) is 16.8. The Morgan fingerprint density at radius 3 is 2.76 bits per heavy atom. The summed E-state index contributed by atoms with van der Waals surface area (Å²) in [6, 6.07) is 16.8. The minimum atomic E-state index is 0.0980. The fourth-order valence-electron chi connectivity index (χ4n) is 4.93. The molecule has 4 heterocycles. The third kappa shape index (κ3) is 3.36. The molecule has 1 unspecified atom stereocenters. The Bertz CT molecular complexity index is 993. The quantitative estimate of drug-likeness (QED) is 0.670. The Balaban J connectivity index is 1.38. The maximum absolute atomic E-state index is 5.56. The molecule has 5 nitrogen and oxygen atoms in total. The van der Waals surface area contributed by atoms with Gasteiger partial charge in [-0.3, -0.25) is 14.9 Å². The first-order valence-electron chi connectivity index (χ1n) is 10.2. The van der Waals surface area contributed by atoms with Crippen LogP contribution in [-0.2, 0) is 18.5 Å². The molecular formula is C24H26N4O. The van der Waals surface area contributed by atoms with Crippen molar-refractivity contribution >= 4 is 5.69 Å². The molecule has 2 aliphatic rings. The number of hydrogen-bond acceptors (Lipinski definition) is 5. The Kier molecular flexibility index (Phi) is 4.68. The van der Waals surface area contributed by atoms with Crippen LogP contribution in [0.5, 0.6) is 5.75 Å². The second kappa shape index (κ2) is 7.48. The highest BCUT2D eigenvalue weighted by Gasteiger charge is 2.48. The number of methoxy groups -OCH3 is 1. The smallest absolute Gasteiger partial charge is 0.123 e.